The highest BCUT2D eigenvalue weighted by Gasteiger charge is 2.07. The van der Waals surface area contributed by atoms with Crippen molar-refractivity contribution in [2.75, 3.05) is 30.9 Å². The van der Waals surface area contributed by atoms with Crippen molar-refractivity contribution in [3.05, 3.63) is 52.5 Å². The first-order chi connectivity index (χ1) is 11.0. The van der Waals surface area contributed by atoms with Crippen LogP contribution >= 0.6 is 15.9 Å². The summed E-state index contributed by atoms with van der Waals surface area (Å²) in [5.41, 5.74) is 3.05. The van der Waals surface area contributed by atoms with E-state index in [-0.39, 0.29) is 12.5 Å². The summed E-state index contributed by atoms with van der Waals surface area (Å²) in [7, 11) is 3.95. The molecule has 0 heterocycles. The van der Waals surface area contributed by atoms with Crippen molar-refractivity contribution in [2.45, 2.75) is 13.3 Å². The second-order valence-electron chi connectivity index (χ2n) is 5.40. The zero-order valence-corrected chi connectivity index (χ0v) is 15.2. The minimum Gasteiger partial charge on any atom is -0.483 e. The quantitative estimate of drug-likeness (QED) is 0.824. The van der Waals surface area contributed by atoms with Gasteiger partial charge in [0.25, 0.3) is 5.91 Å². The van der Waals surface area contributed by atoms with Gasteiger partial charge in [-0.25, -0.2) is 0 Å². The number of halogens is 1. The number of nitrogens with zero attached hydrogens (tertiary/aromatic N) is 1. The van der Waals surface area contributed by atoms with Crippen molar-refractivity contribution >= 4 is 33.2 Å². The Bertz CT molecular complexity index is 669. The van der Waals surface area contributed by atoms with Crippen LogP contribution in [0.3, 0.4) is 0 Å². The lowest BCUT2D eigenvalue weighted by Crippen LogP contribution is -2.20. The largest absolute Gasteiger partial charge is 0.483 e. The van der Waals surface area contributed by atoms with Crippen LogP contribution < -0.4 is 15.0 Å². The SMILES string of the molecule is CCc1ccc(OCC(=O)Nc2ccc(N(C)C)cc2)c(Br)c1. The lowest BCUT2D eigenvalue weighted by Gasteiger charge is -2.13. The maximum Gasteiger partial charge on any atom is 0.262 e. The number of rotatable bonds is 6. The normalized spacial score (nSPS) is 10.3. The molecule has 0 aliphatic rings. The van der Waals surface area contributed by atoms with Gasteiger partial charge in [0.05, 0.1) is 4.47 Å². The topological polar surface area (TPSA) is 41.6 Å². The maximum absolute atomic E-state index is 12.0. The van der Waals surface area contributed by atoms with Gasteiger partial charge in [-0.05, 0) is 64.3 Å². The second-order valence-corrected chi connectivity index (χ2v) is 6.25. The average molecular weight is 377 g/mol. The molecule has 0 saturated carbocycles. The molecule has 0 atom stereocenters. The number of benzene rings is 2. The molecule has 4 nitrogen and oxygen atoms in total. The summed E-state index contributed by atoms with van der Waals surface area (Å²) in [5, 5.41) is 2.82. The number of hydrogen-bond donors (Lipinski definition) is 1. The van der Waals surface area contributed by atoms with Crippen molar-refractivity contribution in [3.63, 3.8) is 0 Å². The zero-order chi connectivity index (χ0) is 16.8. The van der Waals surface area contributed by atoms with Gasteiger partial charge in [-0.3, -0.25) is 4.79 Å². The highest BCUT2D eigenvalue weighted by atomic mass is 79.9. The molecule has 2 aromatic rings. The Balaban J connectivity index is 1.90. The smallest absolute Gasteiger partial charge is 0.262 e. The number of nitrogens with one attached hydrogen (secondary N) is 1. The van der Waals surface area contributed by atoms with Gasteiger partial charge in [-0.2, -0.15) is 0 Å². The summed E-state index contributed by atoms with van der Waals surface area (Å²) in [6.45, 7) is 2.07. The molecule has 0 aliphatic heterocycles. The molecule has 0 radical (unpaired) electrons. The number of hydrogen-bond acceptors (Lipinski definition) is 3. The van der Waals surface area contributed by atoms with E-state index < -0.39 is 0 Å². The Morgan fingerprint density at radius 2 is 1.87 bits per heavy atom. The summed E-state index contributed by atoms with van der Waals surface area (Å²) < 4.78 is 6.43. The van der Waals surface area contributed by atoms with Crippen LogP contribution in [-0.2, 0) is 11.2 Å². The van der Waals surface area contributed by atoms with E-state index in [0.29, 0.717) is 5.75 Å². The summed E-state index contributed by atoms with van der Waals surface area (Å²) >= 11 is 3.47. The Kier molecular flexibility index (Phi) is 6.04. The van der Waals surface area contributed by atoms with E-state index in [1.165, 1.54) is 5.56 Å². The fraction of sp³-hybridized carbons (Fsp3) is 0.278. The van der Waals surface area contributed by atoms with Crippen LogP contribution in [0.25, 0.3) is 0 Å². The van der Waals surface area contributed by atoms with Gasteiger partial charge in [-0.1, -0.05) is 13.0 Å². The van der Waals surface area contributed by atoms with Gasteiger partial charge < -0.3 is 15.0 Å². The van der Waals surface area contributed by atoms with E-state index in [1.54, 1.807) is 0 Å². The summed E-state index contributed by atoms with van der Waals surface area (Å²) in [6.07, 6.45) is 0.961. The molecule has 0 aromatic heterocycles. The van der Waals surface area contributed by atoms with Crippen LogP contribution in [0.4, 0.5) is 11.4 Å². The Hall–Kier alpha value is -2.01. The minimum absolute atomic E-state index is 0.0283. The lowest BCUT2D eigenvalue weighted by atomic mass is 10.2. The number of carbonyl (C=O) groups is 1. The molecule has 0 aliphatic carbocycles. The fourth-order valence-electron chi connectivity index (χ4n) is 2.06. The predicted molar refractivity (Wildman–Crippen MR) is 98.4 cm³/mol. The molecule has 1 N–H and O–H groups in total. The van der Waals surface area contributed by atoms with Crippen LogP contribution in [0, 0.1) is 0 Å². The number of amides is 1. The van der Waals surface area contributed by atoms with Gasteiger partial charge in [0.2, 0.25) is 0 Å². The van der Waals surface area contributed by atoms with Crippen LogP contribution in [0.15, 0.2) is 46.9 Å². The molecule has 5 heteroatoms. The number of carbonyl (C=O) groups excluding carboxylic acids is 1. The molecule has 0 fully saturated rings. The van der Waals surface area contributed by atoms with E-state index in [9.17, 15) is 4.79 Å². The lowest BCUT2D eigenvalue weighted by molar-refractivity contribution is -0.118. The van der Waals surface area contributed by atoms with Crippen molar-refractivity contribution in [2.24, 2.45) is 0 Å². The Morgan fingerprint density at radius 3 is 2.43 bits per heavy atom. The van der Waals surface area contributed by atoms with Gasteiger partial charge in [0, 0.05) is 25.5 Å². The molecule has 0 bridgehead atoms. The van der Waals surface area contributed by atoms with E-state index in [2.05, 4.69) is 28.2 Å². The maximum atomic E-state index is 12.0. The summed E-state index contributed by atoms with van der Waals surface area (Å²) in [6, 6.07) is 13.5. The van der Waals surface area contributed by atoms with E-state index in [4.69, 9.17) is 4.74 Å². The standard InChI is InChI=1S/C18H21BrN2O2/c1-4-13-5-10-17(16(19)11-13)23-12-18(22)20-14-6-8-15(9-7-14)21(2)3/h5-11H,4,12H2,1-3H3,(H,20,22). The van der Waals surface area contributed by atoms with Crippen molar-refractivity contribution in [1.29, 1.82) is 0 Å². The molecule has 0 unspecified atom stereocenters. The molecular formula is C18H21BrN2O2. The third-order valence-electron chi connectivity index (χ3n) is 3.43. The first-order valence-corrected chi connectivity index (χ1v) is 8.27. The molecule has 2 rings (SSSR count). The summed E-state index contributed by atoms with van der Waals surface area (Å²) in [5.74, 6) is 0.481. The molecule has 0 saturated heterocycles. The second kappa shape index (κ2) is 8.02. The molecular weight excluding hydrogens is 356 g/mol. The van der Waals surface area contributed by atoms with Crippen LogP contribution in [0.1, 0.15) is 12.5 Å². The van der Waals surface area contributed by atoms with Gasteiger partial charge >= 0.3 is 0 Å². The van der Waals surface area contributed by atoms with Gasteiger partial charge in [-0.15, -0.1) is 0 Å². The monoisotopic (exact) mass is 376 g/mol. The molecule has 122 valence electrons. The van der Waals surface area contributed by atoms with Crippen LogP contribution in [0.2, 0.25) is 0 Å². The molecule has 1 amide bonds. The first-order valence-electron chi connectivity index (χ1n) is 7.48. The van der Waals surface area contributed by atoms with Crippen molar-refractivity contribution < 1.29 is 9.53 Å². The Labute approximate surface area is 145 Å². The van der Waals surface area contributed by atoms with Crippen LogP contribution in [0.5, 0.6) is 5.75 Å². The number of anilines is 2. The van der Waals surface area contributed by atoms with Crippen molar-refractivity contribution in [1.82, 2.24) is 0 Å². The average Bonchev–Trinajstić information content (AvgIpc) is 2.54. The third-order valence-corrected chi connectivity index (χ3v) is 4.05. The minimum atomic E-state index is -0.186. The number of aryl methyl sites for hydroxylation is 1. The highest BCUT2D eigenvalue weighted by molar-refractivity contribution is 9.10. The zero-order valence-electron chi connectivity index (χ0n) is 13.6. The van der Waals surface area contributed by atoms with E-state index in [1.807, 2.05) is 61.5 Å². The number of ether oxygens (including phenoxy) is 1. The predicted octanol–water partition coefficient (Wildman–Crippen LogP) is 4.10. The van der Waals surface area contributed by atoms with Crippen molar-refractivity contribution in [3.8, 4) is 5.75 Å². The molecule has 2 aromatic carbocycles. The van der Waals surface area contributed by atoms with E-state index >= 15 is 0 Å². The Morgan fingerprint density at radius 1 is 1.17 bits per heavy atom. The molecule has 0 spiro atoms. The molecule has 23 heavy (non-hydrogen) atoms. The van der Waals surface area contributed by atoms with Crippen LogP contribution in [-0.4, -0.2) is 26.6 Å². The summed E-state index contributed by atoms with van der Waals surface area (Å²) in [4.78, 5) is 14.0. The van der Waals surface area contributed by atoms with Gasteiger partial charge in [0.1, 0.15) is 5.75 Å². The fourth-order valence-corrected chi connectivity index (χ4v) is 2.61. The van der Waals surface area contributed by atoms with Gasteiger partial charge in [0.15, 0.2) is 6.61 Å². The first kappa shape index (κ1) is 17.3. The van der Waals surface area contributed by atoms with E-state index in [0.717, 1.165) is 22.3 Å². The highest BCUT2D eigenvalue weighted by Crippen LogP contribution is 2.26. The third kappa shape index (κ3) is 4.99.